The number of hydrogen-bond donors (Lipinski definition) is 1. The predicted molar refractivity (Wildman–Crippen MR) is 82.2 cm³/mol. The van der Waals surface area contributed by atoms with Gasteiger partial charge < -0.3 is 19.5 Å². The van der Waals surface area contributed by atoms with Crippen LogP contribution in [0.2, 0.25) is 0 Å². The number of ether oxygens (including phenoxy) is 2. The summed E-state index contributed by atoms with van der Waals surface area (Å²) in [5.41, 5.74) is 1.02. The average molecular weight is 299 g/mol. The number of aliphatic hydroxyl groups is 1. The molecule has 0 saturated heterocycles. The third kappa shape index (κ3) is 5.61. The topological polar surface area (TPSA) is 41.9 Å². The minimum absolute atomic E-state index is 0.332. The van der Waals surface area contributed by atoms with Gasteiger partial charge in [-0.15, -0.1) is 0 Å². The molecule has 1 atom stereocenters. The molecule has 0 aliphatic carbocycles. The number of benzene rings is 1. The lowest BCUT2D eigenvalue weighted by Gasteiger charge is -2.28. The van der Waals surface area contributed by atoms with Crippen LogP contribution in [0, 0.1) is 5.82 Å². The summed E-state index contributed by atoms with van der Waals surface area (Å²) in [5.74, 6) is -0.332. The SMILES string of the molecule is CCOCCN(CCOCC)c1c(F)cccc1[C@H](C)O. The summed E-state index contributed by atoms with van der Waals surface area (Å²) in [5, 5.41) is 9.87. The Kier molecular flexibility index (Phi) is 8.27. The van der Waals surface area contributed by atoms with Gasteiger partial charge in [0.15, 0.2) is 0 Å². The molecule has 1 aromatic rings. The normalized spacial score (nSPS) is 12.4. The van der Waals surface area contributed by atoms with Crippen molar-refractivity contribution in [1.82, 2.24) is 0 Å². The molecule has 0 bridgehead atoms. The molecule has 0 radical (unpaired) electrons. The third-order valence-corrected chi connectivity index (χ3v) is 3.20. The minimum Gasteiger partial charge on any atom is -0.389 e. The van der Waals surface area contributed by atoms with E-state index in [1.54, 1.807) is 19.1 Å². The first-order valence-electron chi connectivity index (χ1n) is 7.48. The molecule has 0 amide bonds. The molecule has 0 heterocycles. The molecular weight excluding hydrogens is 273 g/mol. The van der Waals surface area contributed by atoms with Crippen LogP contribution in [0.25, 0.3) is 0 Å². The Labute approximate surface area is 126 Å². The largest absolute Gasteiger partial charge is 0.389 e. The quantitative estimate of drug-likeness (QED) is 0.675. The zero-order chi connectivity index (χ0) is 15.7. The van der Waals surface area contributed by atoms with Gasteiger partial charge in [0.2, 0.25) is 0 Å². The number of nitrogens with zero attached hydrogens (tertiary/aromatic N) is 1. The van der Waals surface area contributed by atoms with Crippen molar-refractivity contribution in [3.63, 3.8) is 0 Å². The van der Waals surface area contributed by atoms with Gasteiger partial charge in [-0.3, -0.25) is 0 Å². The van der Waals surface area contributed by atoms with Crippen molar-refractivity contribution in [2.75, 3.05) is 44.4 Å². The van der Waals surface area contributed by atoms with Crippen LogP contribution in [0.1, 0.15) is 32.4 Å². The highest BCUT2D eigenvalue weighted by atomic mass is 19.1. The summed E-state index contributed by atoms with van der Waals surface area (Å²) in [6.07, 6.45) is -0.725. The van der Waals surface area contributed by atoms with Crippen LogP contribution in [0.5, 0.6) is 0 Å². The molecule has 0 aliphatic heterocycles. The Morgan fingerprint density at radius 1 is 1.14 bits per heavy atom. The lowest BCUT2D eigenvalue weighted by molar-refractivity contribution is 0.140. The Morgan fingerprint density at radius 3 is 2.19 bits per heavy atom. The second-order valence-electron chi connectivity index (χ2n) is 4.73. The number of para-hydroxylation sites is 1. The molecule has 0 fully saturated rings. The molecule has 0 aliphatic rings. The van der Waals surface area contributed by atoms with Gasteiger partial charge in [-0.1, -0.05) is 12.1 Å². The summed E-state index contributed by atoms with van der Waals surface area (Å²) in [4.78, 5) is 1.88. The highest BCUT2D eigenvalue weighted by Crippen LogP contribution is 2.29. The summed E-state index contributed by atoms with van der Waals surface area (Å²) >= 11 is 0. The molecule has 0 spiro atoms. The van der Waals surface area contributed by atoms with Crippen LogP contribution in [0.4, 0.5) is 10.1 Å². The predicted octanol–water partition coefficient (Wildman–Crippen LogP) is 2.76. The molecule has 5 heteroatoms. The highest BCUT2D eigenvalue weighted by molar-refractivity contribution is 5.55. The van der Waals surface area contributed by atoms with Crippen molar-refractivity contribution in [1.29, 1.82) is 0 Å². The summed E-state index contributed by atoms with van der Waals surface area (Å²) in [6, 6.07) is 4.77. The third-order valence-electron chi connectivity index (χ3n) is 3.20. The van der Waals surface area contributed by atoms with Gasteiger partial charge in [0.05, 0.1) is 25.0 Å². The summed E-state index contributed by atoms with van der Waals surface area (Å²) < 4.78 is 25.0. The van der Waals surface area contributed by atoms with E-state index in [2.05, 4.69) is 0 Å². The Morgan fingerprint density at radius 2 is 1.71 bits per heavy atom. The fraction of sp³-hybridized carbons (Fsp3) is 0.625. The molecular formula is C16H26FNO3. The van der Waals surface area contributed by atoms with Gasteiger partial charge >= 0.3 is 0 Å². The van der Waals surface area contributed by atoms with E-state index >= 15 is 0 Å². The lowest BCUT2D eigenvalue weighted by Crippen LogP contribution is -2.33. The Bertz CT molecular complexity index is 403. The van der Waals surface area contributed by atoms with Crippen molar-refractivity contribution in [3.8, 4) is 0 Å². The number of aliphatic hydroxyl groups excluding tert-OH is 1. The smallest absolute Gasteiger partial charge is 0.146 e. The zero-order valence-corrected chi connectivity index (χ0v) is 13.1. The molecule has 1 N–H and O–H groups in total. The maximum Gasteiger partial charge on any atom is 0.146 e. The van der Waals surface area contributed by atoms with Gasteiger partial charge in [-0.2, -0.15) is 0 Å². The van der Waals surface area contributed by atoms with Crippen molar-refractivity contribution >= 4 is 5.69 Å². The van der Waals surface area contributed by atoms with Gasteiger partial charge in [0.1, 0.15) is 5.82 Å². The lowest BCUT2D eigenvalue weighted by atomic mass is 10.1. The minimum atomic E-state index is -0.725. The molecule has 21 heavy (non-hydrogen) atoms. The van der Waals surface area contributed by atoms with Crippen molar-refractivity contribution in [2.24, 2.45) is 0 Å². The first-order chi connectivity index (χ1) is 10.1. The Hall–Kier alpha value is -1.17. The van der Waals surface area contributed by atoms with E-state index in [-0.39, 0.29) is 5.82 Å². The van der Waals surface area contributed by atoms with Gasteiger partial charge in [0.25, 0.3) is 0 Å². The van der Waals surface area contributed by atoms with Crippen LogP contribution in [-0.4, -0.2) is 44.6 Å². The van der Waals surface area contributed by atoms with Gasteiger partial charge in [-0.25, -0.2) is 4.39 Å². The van der Waals surface area contributed by atoms with Crippen LogP contribution in [-0.2, 0) is 9.47 Å². The highest BCUT2D eigenvalue weighted by Gasteiger charge is 2.18. The van der Waals surface area contributed by atoms with E-state index < -0.39 is 6.10 Å². The fourth-order valence-electron chi connectivity index (χ4n) is 2.18. The van der Waals surface area contributed by atoms with Crippen molar-refractivity contribution < 1.29 is 19.0 Å². The van der Waals surface area contributed by atoms with Crippen LogP contribution >= 0.6 is 0 Å². The molecule has 0 saturated carbocycles. The first-order valence-corrected chi connectivity index (χ1v) is 7.48. The van der Waals surface area contributed by atoms with Gasteiger partial charge in [0, 0.05) is 31.9 Å². The van der Waals surface area contributed by atoms with Crippen LogP contribution < -0.4 is 4.90 Å². The molecule has 1 aromatic carbocycles. The molecule has 4 nitrogen and oxygen atoms in total. The standard InChI is InChI=1S/C16H26FNO3/c1-4-20-11-9-18(10-12-21-5-2)16-14(13(3)19)7-6-8-15(16)17/h6-8,13,19H,4-5,9-12H2,1-3H3/t13-/m0/s1. The second-order valence-corrected chi connectivity index (χ2v) is 4.73. The number of halogens is 1. The number of rotatable bonds is 10. The van der Waals surface area contributed by atoms with E-state index in [4.69, 9.17) is 9.47 Å². The zero-order valence-electron chi connectivity index (χ0n) is 13.1. The number of hydrogen-bond acceptors (Lipinski definition) is 4. The van der Waals surface area contributed by atoms with Crippen molar-refractivity contribution in [2.45, 2.75) is 26.9 Å². The summed E-state index contributed by atoms with van der Waals surface area (Å²) in [7, 11) is 0. The van der Waals surface area contributed by atoms with Crippen molar-refractivity contribution in [3.05, 3.63) is 29.6 Å². The van der Waals surface area contributed by atoms with E-state index in [9.17, 15) is 9.50 Å². The molecule has 120 valence electrons. The van der Waals surface area contributed by atoms with E-state index in [0.717, 1.165) is 0 Å². The van der Waals surface area contributed by atoms with E-state index in [1.165, 1.54) is 6.07 Å². The second kappa shape index (κ2) is 9.71. The van der Waals surface area contributed by atoms with Gasteiger partial charge in [-0.05, 0) is 26.8 Å². The molecule has 0 unspecified atom stereocenters. The molecule has 1 rings (SSSR count). The van der Waals surface area contributed by atoms with Crippen LogP contribution in [0.15, 0.2) is 18.2 Å². The monoisotopic (exact) mass is 299 g/mol. The summed E-state index contributed by atoms with van der Waals surface area (Å²) in [6.45, 7) is 8.88. The van der Waals surface area contributed by atoms with E-state index in [1.807, 2.05) is 18.7 Å². The van der Waals surface area contributed by atoms with Crippen LogP contribution in [0.3, 0.4) is 0 Å². The first kappa shape index (κ1) is 17.9. The molecule has 0 aromatic heterocycles. The van der Waals surface area contributed by atoms with E-state index in [0.29, 0.717) is 50.8 Å². The number of anilines is 1. The Balaban J connectivity index is 2.94. The average Bonchev–Trinajstić information content (AvgIpc) is 2.46. The maximum absolute atomic E-state index is 14.2. The fourth-order valence-corrected chi connectivity index (χ4v) is 2.18. The maximum atomic E-state index is 14.2.